The number of aryl methyl sites for hydroxylation is 1. The highest BCUT2D eigenvalue weighted by atomic mass is 19.4. The molecule has 0 atom stereocenters. The Morgan fingerprint density at radius 1 is 0.968 bits per heavy atom. The standard InChI is InChI=1S/C20H22F3N7O/c1-12-13(2)18(27-26-16(12)11-17-25-14(3)31-28-17)29-7-9-30(10-8-29)19-15(20(21,22)23)5-4-6-24-19/h4-6H,7-11H2,1-3H3. The van der Waals surface area contributed by atoms with Gasteiger partial charge in [-0.3, -0.25) is 0 Å². The third-order valence-electron chi connectivity index (χ3n) is 5.46. The highest BCUT2D eigenvalue weighted by Crippen LogP contribution is 2.35. The van der Waals surface area contributed by atoms with E-state index < -0.39 is 11.7 Å². The number of nitrogens with zero attached hydrogens (tertiary/aromatic N) is 7. The van der Waals surface area contributed by atoms with Crippen LogP contribution < -0.4 is 9.80 Å². The summed E-state index contributed by atoms with van der Waals surface area (Å²) in [5.74, 6) is 1.75. The van der Waals surface area contributed by atoms with Gasteiger partial charge in [0.1, 0.15) is 5.82 Å². The maximum Gasteiger partial charge on any atom is 0.419 e. The number of pyridine rings is 1. The minimum atomic E-state index is -4.44. The van der Waals surface area contributed by atoms with Crippen LogP contribution in [0.2, 0.25) is 0 Å². The summed E-state index contributed by atoms with van der Waals surface area (Å²) in [7, 11) is 0. The predicted octanol–water partition coefficient (Wildman–Crippen LogP) is 3.12. The summed E-state index contributed by atoms with van der Waals surface area (Å²) < 4.78 is 45.0. The first-order chi connectivity index (χ1) is 14.7. The minimum Gasteiger partial charge on any atom is -0.353 e. The number of rotatable bonds is 4. The zero-order valence-electron chi connectivity index (χ0n) is 17.4. The van der Waals surface area contributed by atoms with Gasteiger partial charge in [-0.1, -0.05) is 5.16 Å². The molecule has 0 amide bonds. The fraction of sp³-hybridized carbons (Fsp3) is 0.450. The van der Waals surface area contributed by atoms with Crippen molar-refractivity contribution >= 4 is 11.6 Å². The summed E-state index contributed by atoms with van der Waals surface area (Å²) in [5, 5.41) is 12.6. The van der Waals surface area contributed by atoms with E-state index in [4.69, 9.17) is 4.52 Å². The third kappa shape index (κ3) is 4.30. The van der Waals surface area contributed by atoms with Gasteiger partial charge in [0.15, 0.2) is 11.6 Å². The summed E-state index contributed by atoms with van der Waals surface area (Å²) in [4.78, 5) is 11.9. The lowest BCUT2D eigenvalue weighted by molar-refractivity contribution is -0.137. The van der Waals surface area contributed by atoms with E-state index >= 15 is 0 Å². The molecule has 0 aromatic carbocycles. The number of alkyl halides is 3. The Balaban J connectivity index is 1.49. The lowest BCUT2D eigenvalue weighted by Gasteiger charge is -2.37. The third-order valence-corrected chi connectivity index (χ3v) is 5.46. The quantitative estimate of drug-likeness (QED) is 0.621. The topological polar surface area (TPSA) is 84.1 Å². The SMILES string of the molecule is Cc1nc(Cc2nnc(N3CCN(c4ncccc4C(F)(F)F)CC3)c(C)c2C)no1. The Morgan fingerprint density at radius 3 is 2.26 bits per heavy atom. The van der Waals surface area contributed by atoms with E-state index in [2.05, 4.69) is 25.3 Å². The Labute approximate surface area is 177 Å². The molecule has 11 heteroatoms. The van der Waals surface area contributed by atoms with Crippen LogP contribution in [0.25, 0.3) is 0 Å². The number of piperazine rings is 1. The van der Waals surface area contributed by atoms with E-state index in [0.29, 0.717) is 44.3 Å². The number of anilines is 2. The molecule has 0 radical (unpaired) electrons. The Morgan fingerprint density at radius 2 is 1.65 bits per heavy atom. The van der Waals surface area contributed by atoms with Gasteiger partial charge in [-0.15, -0.1) is 5.10 Å². The van der Waals surface area contributed by atoms with Gasteiger partial charge >= 0.3 is 6.18 Å². The van der Waals surface area contributed by atoms with E-state index in [1.807, 2.05) is 18.7 Å². The molecule has 0 aliphatic carbocycles. The highest BCUT2D eigenvalue weighted by molar-refractivity contribution is 5.54. The molecular formula is C20H22F3N7O. The normalized spacial score (nSPS) is 14.9. The van der Waals surface area contributed by atoms with Crippen molar-refractivity contribution in [1.82, 2.24) is 25.3 Å². The second-order valence-corrected chi connectivity index (χ2v) is 7.47. The van der Waals surface area contributed by atoms with Crippen molar-refractivity contribution in [1.29, 1.82) is 0 Å². The molecule has 1 fully saturated rings. The average Bonchev–Trinajstić information content (AvgIpc) is 3.16. The Hall–Kier alpha value is -3.24. The van der Waals surface area contributed by atoms with Crippen molar-refractivity contribution in [2.75, 3.05) is 36.0 Å². The molecule has 0 spiro atoms. The van der Waals surface area contributed by atoms with Crippen LogP contribution in [0.3, 0.4) is 0 Å². The molecule has 1 saturated heterocycles. The summed E-state index contributed by atoms with van der Waals surface area (Å²) in [6, 6.07) is 2.37. The van der Waals surface area contributed by atoms with Gasteiger partial charge in [-0.25, -0.2) is 4.98 Å². The first kappa shape index (κ1) is 21.0. The number of aromatic nitrogens is 5. The van der Waals surface area contributed by atoms with Crippen molar-refractivity contribution in [3.8, 4) is 0 Å². The van der Waals surface area contributed by atoms with Crippen molar-refractivity contribution < 1.29 is 17.7 Å². The van der Waals surface area contributed by atoms with Gasteiger partial charge in [-0.05, 0) is 37.1 Å². The lowest BCUT2D eigenvalue weighted by Crippen LogP contribution is -2.48. The fourth-order valence-corrected chi connectivity index (χ4v) is 3.67. The van der Waals surface area contributed by atoms with E-state index in [9.17, 15) is 13.2 Å². The lowest BCUT2D eigenvalue weighted by atomic mass is 10.1. The molecule has 0 unspecified atom stereocenters. The van der Waals surface area contributed by atoms with E-state index in [0.717, 1.165) is 28.7 Å². The van der Waals surface area contributed by atoms with Gasteiger partial charge in [0, 0.05) is 39.3 Å². The number of hydrogen-bond donors (Lipinski definition) is 0. The van der Waals surface area contributed by atoms with Crippen LogP contribution in [0.1, 0.15) is 34.1 Å². The molecule has 8 nitrogen and oxygen atoms in total. The molecule has 0 bridgehead atoms. The smallest absolute Gasteiger partial charge is 0.353 e. The van der Waals surface area contributed by atoms with Crippen LogP contribution in [0, 0.1) is 20.8 Å². The molecule has 4 rings (SSSR count). The Kier molecular flexibility index (Phi) is 5.50. The van der Waals surface area contributed by atoms with Gasteiger partial charge < -0.3 is 14.3 Å². The van der Waals surface area contributed by atoms with Crippen LogP contribution in [0.5, 0.6) is 0 Å². The average molecular weight is 433 g/mol. The number of halogens is 3. The maximum atomic E-state index is 13.3. The van der Waals surface area contributed by atoms with Crippen molar-refractivity contribution in [3.63, 3.8) is 0 Å². The predicted molar refractivity (Wildman–Crippen MR) is 107 cm³/mol. The van der Waals surface area contributed by atoms with E-state index in [1.165, 1.54) is 12.3 Å². The van der Waals surface area contributed by atoms with Gasteiger partial charge in [0.2, 0.25) is 5.89 Å². The molecular weight excluding hydrogens is 411 g/mol. The molecule has 4 heterocycles. The zero-order valence-corrected chi connectivity index (χ0v) is 17.4. The van der Waals surface area contributed by atoms with Gasteiger partial charge in [0.25, 0.3) is 0 Å². The molecule has 164 valence electrons. The summed E-state index contributed by atoms with van der Waals surface area (Å²) in [6.45, 7) is 7.52. The first-order valence-corrected chi connectivity index (χ1v) is 9.88. The van der Waals surface area contributed by atoms with Gasteiger partial charge in [0.05, 0.1) is 17.7 Å². The number of hydrogen-bond acceptors (Lipinski definition) is 8. The van der Waals surface area contributed by atoms with Crippen LogP contribution in [0.15, 0.2) is 22.9 Å². The summed E-state index contributed by atoms with van der Waals surface area (Å²) in [5.41, 5.74) is 2.02. The van der Waals surface area contributed by atoms with E-state index in [1.54, 1.807) is 11.8 Å². The maximum absolute atomic E-state index is 13.3. The van der Waals surface area contributed by atoms with Crippen molar-refractivity contribution in [2.45, 2.75) is 33.4 Å². The summed E-state index contributed by atoms with van der Waals surface area (Å²) >= 11 is 0. The van der Waals surface area contributed by atoms with Crippen molar-refractivity contribution in [2.24, 2.45) is 0 Å². The molecule has 31 heavy (non-hydrogen) atoms. The monoisotopic (exact) mass is 433 g/mol. The van der Waals surface area contributed by atoms with Crippen molar-refractivity contribution in [3.05, 3.63) is 52.4 Å². The molecule has 0 saturated carbocycles. The molecule has 3 aromatic rings. The zero-order chi connectivity index (χ0) is 22.2. The largest absolute Gasteiger partial charge is 0.419 e. The molecule has 1 aliphatic heterocycles. The second kappa shape index (κ2) is 8.12. The molecule has 1 aliphatic rings. The first-order valence-electron chi connectivity index (χ1n) is 9.88. The van der Waals surface area contributed by atoms with Crippen LogP contribution in [-0.2, 0) is 12.6 Å². The van der Waals surface area contributed by atoms with Crippen LogP contribution in [0.4, 0.5) is 24.8 Å². The van der Waals surface area contributed by atoms with E-state index in [-0.39, 0.29) is 5.82 Å². The highest BCUT2D eigenvalue weighted by Gasteiger charge is 2.36. The molecule has 3 aromatic heterocycles. The van der Waals surface area contributed by atoms with Crippen LogP contribution >= 0.6 is 0 Å². The minimum absolute atomic E-state index is 0.0283. The van der Waals surface area contributed by atoms with Crippen LogP contribution in [-0.4, -0.2) is 51.5 Å². The molecule has 0 N–H and O–H groups in total. The van der Waals surface area contributed by atoms with Gasteiger partial charge in [-0.2, -0.15) is 23.3 Å². The Bertz CT molecular complexity index is 1070. The fourth-order valence-electron chi connectivity index (χ4n) is 3.67. The second-order valence-electron chi connectivity index (χ2n) is 7.47. The summed E-state index contributed by atoms with van der Waals surface area (Å²) in [6.07, 6.45) is -2.63.